The molecular formula is C13H17BrO2S. The molecule has 94 valence electrons. The first-order valence-electron chi connectivity index (χ1n) is 5.70. The Labute approximate surface area is 114 Å². The summed E-state index contributed by atoms with van der Waals surface area (Å²) in [6.45, 7) is 8.11. The second kappa shape index (κ2) is 4.18. The zero-order valence-corrected chi connectivity index (χ0v) is 12.9. The Bertz CT molecular complexity index is 448. The number of ether oxygens (including phenoxy) is 1. The van der Waals surface area contributed by atoms with Gasteiger partial charge in [0.2, 0.25) is 0 Å². The first-order valence-corrected chi connectivity index (χ1v) is 7.37. The summed E-state index contributed by atoms with van der Waals surface area (Å²) < 4.78 is 6.87. The lowest BCUT2D eigenvalue weighted by atomic mass is 9.83. The summed E-state index contributed by atoms with van der Waals surface area (Å²) in [6.07, 6.45) is 0.781. The molecule has 1 aromatic heterocycles. The Kier molecular flexibility index (Phi) is 3.26. The van der Waals surface area contributed by atoms with Gasteiger partial charge in [-0.05, 0) is 61.5 Å². The van der Waals surface area contributed by atoms with Crippen LogP contribution in [0.15, 0.2) is 15.9 Å². The van der Waals surface area contributed by atoms with Gasteiger partial charge in [-0.25, -0.2) is 0 Å². The van der Waals surface area contributed by atoms with Gasteiger partial charge in [0.1, 0.15) is 0 Å². The van der Waals surface area contributed by atoms with Crippen LogP contribution >= 0.6 is 27.3 Å². The highest BCUT2D eigenvalue weighted by Crippen LogP contribution is 2.44. The summed E-state index contributed by atoms with van der Waals surface area (Å²) in [7, 11) is 0. The zero-order valence-electron chi connectivity index (χ0n) is 10.5. The number of rotatable bonds is 2. The number of halogens is 1. The molecule has 2 rings (SSSR count). The minimum Gasteiger partial charge on any atom is -0.369 e. The molecule has 0 spiro atoms. The first-order chi connectivity index (χ1) is 7.73. The molecule has 0 saturated carbocycles. The normalized spacial score (nSPS) is 26.1. The van der Waals surface area contributed by atoms with E-state index in [2.05, 4.69) is 15.9 Å². The average Bonchev–Trinajstić information content (AvgIpc) is 2.66. The zero-order chi connectivity index (χ0) is 12.8. The number of ketones is 1. The van der Waals surface area contributed by atoms with Crippen LogP contribution in [0, 0.1) is 5.92 Å². The van der Waals surface area contributed by atoms with Crippen molar-refractivity contribution >= 4 is 33.0 Å². The molecule has 0 N–H and O–H groups in total. The smallest absolute Gasteiger partial charge is 0.179 e. The van der Waals surface area contributed by atoms with E-state index in [0.29, 0.717) is 0 Å². The van der Waals surface area contributed by atoms with E-state index in [-0.39, 0.29) is 22.9 Å². The van der Waals surface area contributed by atoms with Gasteiger partial charge < -0.3 is 4.74 Å². The molecule has 1 saturated heterocycles. The molecule has 1 atom stereocenters. The van der Waals surface area contributed by atoms with Crippen molar-refractivity contribution in [2.24, 2.45) is 5.92 Å². The molecule has 17 heavy (non-hydrogen) atoms. The van der Waals surface area contributed by atoms with Gasteiger partial charge in [-0.3, -0.25) is 4.79 Å². The first kappa shape index (κ1) is 13.2. The molecule has 2 heterocycles. The fraction of sp³-hybridized carbons (Fsp3) is 0.615. The number of thiophene rings is 1. The lowest BCUT2D eigenvalue weighted by Crippen LogP contribution is -2.33. The molecule has 4 heteroatoms. The Balaban J connectivity index is 2.30. The van der Waals surface area contributed by atoms with Crippen LogP contribution < -0.4 is 0 Å². The molecule has 1 fully saturated rings. The van der Waals surface area contributed by atoms with Gasteiger partial charge in [0.25, 0.3) is 0 Å². The average molecular weight is 317 g/mol. The molecule has 1 aromatic rings. The summed E-state index contributed by atoms with van der Waals surface area (Å²) in [4.78, 5) is 13.3. The number of Topliss-reactive ketones (excluding diaryl/α,β-unsaturated/α-hetero) is 1. The fourth-order valence-electron chi connectivity index (χ4n) is 2.60. The van der Waals surface area contributed by atoms with Gasteiger partial charge in [-0.1, -0.05) is 0 Å². The standard InChI is InChI=1S/C13H17BrO2S/c1-12(2)7-8(13(3,4)16-12)10(15)11-9(14)5-6-17-11/h5-6,8H,7H2,1-4H3. The van der Waals surface area contributed by atoms with E-state index in [1.165, 1.54) is 11.3 Å². The van der Waals surface area contributed by atoms with E-state index in [0.717, 1.165) is 15.8 Å². The van der Waals surface area contributed by atoms with Gasteiger partial charge in [0, 0.05) is 4.47 Å². The van der Waals surface area contributed by atoms with Crippen LogP contribution in [0.25, 0.3) is 0 Å². The van der Waals surface area contributed by atoms with Crippen molar-refractivity contribution in [3.8, 4) is 0 Å². The van der Waals surface area contributed by atoms with E-state index in [9.17, 15) is 4.79 Å². The van der Waals surface area contributed by atoms with Gasteiger partial charge in [0.15, 0.2) is 5.78 Å². The third-order valence-corrected chi connectivity index (χ3v) is 5.08. The highest BCUT2D eigenvalue weighted by atomic mass is 79.9. The lowest BCUT2D eigenvalue weighted by Gasteiger charge is -2.26. The molecule has 2 nitrogen and oxygen atoms in total. The van der Waals surface area contributed by atoms with Crippen LogP contribution in [0.4, 0.5) is 0 Å². The van der Waals surface area contributed by atoms with Crippen molar-refractivity contribution in [3.63, 3.8) is 0 Å². The highest BCUT2D eigenvalue weighted by molar-refractivity contribution is 9.10. The summed E-state index contributed by atoms with van der Waals surface area (Å²) in [5.41, 5.74) is -0.600. The maximum absolute atomic E-state index is 12.5. The van der Waals surface area contributed by atoms with E-state index >= 15 is 0 Å². The predicted molar refractivity (Wildman–Crippen MR) is 73.7 cm³/mol. The van der Waals surface area contributed by atoms with Crippen molar-refractivity contribution in [1.29, 1.82) is 0 Å². The summed E-state index contributed by atoms with van der Waals surface area (Å²) in [5, 5.41) is 1.94. The van der Waals surface area contributed by atoms with E-state index < -0.39 is 0 Å². The van der Waals surface area contributed by atoms with Crippen molar-refractivity contribution in [1.82, 2.24) is 0 Å². The predicted octanol–water partition coefficient (Wildman–Crippen LogP) is 4.29. The molecule has 0 amide bonds. The van der Waals surface area contributed by atoms with Crippen molar-refractivity contribution in [2.45, 2.75) is 45.3 Å². The Morgan fingerprint density at radius 2 is 2.12 bits per heavy atom. The second-order valence-electron chi connectivity index (χ2n) is 5.68. The number of hydrogen-bond acceptors (Lipinski definition) is 3. The topological polar surface area (TPSA) is 26.3 Å². The molecule has 1 aliphatic rings. The minimum atomic E-state index is -0.385. The van der Waals surface area contributed by atoms with Crippen molar-refractivity contribution in [3.05, 3.63) is 20.8 Å². The van der Waals surface area contributed by atoms with Crippen LogP contribution in [-0.4, -0.2) is 17.0 Å². The second-order valence-corrected chi connectivity index (χ2v) is 7.45. The molecule has 0 bridgehead atoms. The Morgan fingerprint density at radius 1 is 1.47 bits per heavy atom. The van der Waals surface area contributed by atoms with Crippen LogP contribution in [0.1, 0.15) is 43.8 Å². The van der Waals surface area contributed by atoms with E-state index in [1.54, 1.807) is 0 Å². The largest absolute Gasteiger partial charge is 0.369 e. The van der Waals surface area contributed by atoms with Gasteiger partial charge in [-0.2, -0.15) is 0 Å². The summed E-state index contributed by atoms with van der Waals surface area (Å²) >= 11 is 4.92. The molecule has 0 aliphatic carbocycles. The van der Waals surface area contributed by atoms with Crippen molar-refractivity contribution in [2.75, 3.05) is 0 Å². The molecule has 1 unspecified atom stereocenters. The Morgan fingerprint density at radius 3 is 2.53 bits per heavy atom. The molecule has 0 radical (unpaired) electrons. The number of hydrogen-bond donors (Lipinski definition) is 0. The molecule has 0 aromatic carbocycles. The highest BCUT2D eigenvalue weighted by Gasteiger charge is 2.49. The van der Waals surface area contributed by atoms with Gasteiger partial charge >= 0.3 is 0 Å². The van der Waals surface area contributed by atoms with Crippen molar-refractivity contribution < 1.29 is 9.53 Å². The van der Waals surface area contributed by atoms with Crippen LogP contribution in [0.3, 0.4) is 0 Å². The van der Waals surface area contributed by atoms with Crippen LogP contribution in [0.2, 0.25) is 0 Å². The monoisotopic (exact) mass is 316 g/mol. The maximum atomic E-state index is 12.5. The Hall–Kier alpha value is -0.190. The molecular weight excluding hydrogens is 300 g/mol. The van der Waals surface area contributed by atoms with Gasteiger partial charge in [0.05, 0.1) is 22.0 Å². The van der Waals surface area contributed by atoms with Crippen LogP contribution in [-0.2, 0) is 4.74 Å². The summed E-state index contributed by atoms with van der Waals surface area (Å²) in [6, 6.07) is 1.92. The van der Waals surface area contributed by atoms with E-state index in [4.69, 9.17) is 4.74 Å². The lowest BCUT2D eigenvalue weighted by molar-refractivity contribution is -0.0712. The maximum Gasteiger partial charge on any atom is 0.179 e. The third kappa shape index (κ3) is 2.49. The molecule has 1 aliphatic heterocycles. The van der Waals surface area contributed by atoms with Crippen LogP contribution in [0.5, 0.6) is 0 Å². The quantitative estimate of drug-likeness (QED) is 0.761. The van der Waals surface area contributed by atoms with E-state index in [1.807, 2.05) is 39.1 Å². The fourth-order valence-corrected chi connectivity index (χ4v) is 4.16. The SMILES string of the molecule is CC1(C)CC(C(=O)c2sccc2Br)C(C)(C)O1. The third-order valence-electron chi connectivity index (χ3n) is 3.23. The number of carbonyl (C=O) groups excluding carboxylic acids is 1. The minimum absolute atomic E-state index is 0.0625. The number of carbonyl (C=O) groups is 1. The van der Waals surface area contributed by atoms with Gasteiger partial charge in [-0.15, -0.1) is 11.3 Å². The summed E-state index contributed by atoms with van der Waals surface area (Å²) in [5.74, 6) is 0.134.